The Balaban J connectivity index is 1.91. The molecule has 0 bridgehead atoms. The minimum atomic E-state index is -2.39. The first-order valence-corrected chi connectivity index (χ1v) is 9.38. The molecule has 0 aromatic heterocycles. The van der Waals surface area contributed by atoms with Gasteiger partial charge in [-0.1, -0.05) is 24.3 Å². The molecule has 0 radical (unpaired) electrons. The Morgan fingerprint density at radius 2 is 1.68 bits per heavy atom. The molecule has 4 rings (SSSR count). The molecule has 1 aromatic rings. The number of rotatable bonds is 1. The van der Waals surface area contributed by atoms with E-state index in [0.717, 1.165) is 0 Å². The Morgan fingerprint density at radius 1 is 1.04 bits per heavy atom. The first-order valence-electron chi connectivity index (χ1n) is 9.38. The molecule has 7 nitrogen and oxygen atoms in total. The molecule has 0 saturated heterocycles. The number of ketones is 4. The summed E-state index contributed by atoms with van der Waals surface area (Å²) >= 11 is 0. The van der Waals surface area contributed by atoms with Crippen LogP contribution in [0.2, 0.25) is 0 Å². The molecule has 2 N–H and O–H groups in total. The Morgan fingerprint density at radius 3 is 2.32 bits per heavy atom. The minimum Gasteiger partial charge on any atom is -0.385 e. The molecule has 0 spiro atoms. The number of carbonyl (C=O) groups is 4. The zero-order valence-electron chi connectivity index (χ0n) is 16.0. The predicted molar refractivity (Wildman–Crippen MR) is 97.5 cm³/mol. The molecule has 0 aliphatic heterocycles. The summed E-state index contributed by atoms with van der Waals surface area (Å²) in [5.41, 5.74) is -3.24. The van der Waals surface area contributed by atoms with Crippen molar-refractivity contribution in [2.75, 3.05) is 14.1 Å². The SMILES string of the molecule is CN(C)C1C(=O)CC(=O)C2(O)C(=O)C3C(=O)c4ccccc4C(C)(O)C3CC12. The summed E-state index contributed by atoms with van der Waals surface area (Å²) in [5.74, 6) is -5.74. The van der Waals surface area contributed by atoms with Crippen molar-refractivity contribution in [1.82, 2.24) is 4.90 Å². The highest BCUT2D eigenvalue weighted by atomic mass is 16.3. The van der Waals surface area contributed by atoms with E-state index >= 15 is 0 Å². The zero-order chi connectivity index (χ0) is 20.6. The smallest absolute Gasteiger partial charge is 0.187 e. The highest BCUT2D eigenvalue weighted by molar-refractivity contribution is 6.26. The van der Waals surface area contributed by atoms with Gasteiger partial charge in [-0.25, -0.2) is 0 Å². The second-order valence-electron chi connectivity index (χ2n) is 8.59. The Labute approximate surface area is 162 Å². The van der Waals surface area contributed by atoms with Gasteiger partial charge in [-0.05, 0) is 33.0 Å². The fourth-order valence-electron chi connectivity index (χ4n) is 5.52. The summed E-state index contributed by atoms with van der Waals surface area (Å²) in [5, 5.41) is 22.5. The van der Waals surface area contributed by atoms with Crippen molar-refractivity contribution in [2.24, 2.45) is 17.8 Å². The predicted octanol–water partition coefficient (Wildman–Crippen LogP) is 0.115. The number of carbonyl (C=O) groups excluding carboxylic acids is 4. The fraction of sp³-hybridized carbons (Fsp3) is 0.524. The molecule has 148 valence electrons. The molecule has 6 atom stereocenters. The zero-order valence-corrected chi connectivity index (χ0v) is 16.0. The van der Waals surface area contributed by atoms with Crippen molar-refractivity contribution in [3.63, 3.8) is 0 Å². The Bertz CT molecular complexity index is 919. The van der Waals surface area contributed by atoms with E-state index in [2.05, 4.69) is 0 Å². The number of likely N-dealkylation sites (N-methyl/N-ethyl adjacent to an activating group) is 1. The average molecular weight is 385 g/mol. The van der Waals surface area contributed by atoms with Gasteiger partial charge in [0, 0.05) is 17.4 Å². The van der Waals surface area contributed by atoms with Gasteiger partial charge in [-0.15, -0.1) is 0 Å². The van der Waals surface area contributed by atoms with Gasteiger partial charge in [-0.2, -0.15) is 0 Å². The van der Waals surface area contributed by atoms with E-state index in [0.29, 0.717) is 5.56 Å². The van der Waals surface area contributed by atoms with Crippen molar-refractivity contribution in [3.05, 3.63) is 35.4 Å². The van der Waals surface area contributed by atoms with Gasteiger partial charge in [0.1, 0.15) is 0 Å². The Hall–Kier alpha value is -2.22. The summed E-state index contributed by atoms with van der Waals surface area (Å²) in [6.07, 6.45) is -0.527. The molecule has 3 aliphatic carbocycles. The third-order valence-corrected chi connectivity index (χ3v) is 6.87. The van der Waals surface area contributed by atoms with Crippen LogP contribution in [0.25, 0.3) is 0 Å². The fourth-order valence-corrected chi connectivity index (χ4v) is 5.52. The first-order chi connectivity index (χ1) is 13.0. The molecule has 28 heavy (non-hydrogen) atoms. The quantitative estimate of drug-likeness (QED) is 0.660. The van der Waals surface area contributed by atoms with Crippen molar-refractivity contribution >= 4 is 23.1 Å². The van der Waals surface area contributed by atoms with Crippen LogP contribution in [0.1, 0.15) is 35.7 Å². The number of hydrogen-bond donors (Lipinski definition) is 2. The topological polar surface area (TPSA) is 112 Å². The van der Waals surface area contributed by atoms with Crippen LogP contribution >= 0.6 is 0 Å². The van der Waals surface area contributed by atoms with Crippen LogP contribution in [0.3, 0.4) is 0 Å². The summed E-state index contributed by atoms with van der Waals surface area (Å²) < 4.78 is 0. The van der Waals surface area contributed by atoms with Crippen molar-refractivity contribution in [2.45, 2.75) is 37.0 Å². The largest absolute Gasteiger partial charge is 0.385 e. The number of benzene rings is 1. The van der Waals surface area contributed by atoms with Crippen molar-refractivity contribution in [3.8, 4) is 0 Å². The van der Waals surface area contributed by atoms with Crippen LogP contribution in [-0.4, -0.2) is 64.0 Å². The maximum atomic E-state index is 13.4. The molecular weight excluding hydrogens is 362 g/mol. The summed E-state index contributed by atoms with van der Waals surface area (Å²) in [6, 6.07) is 5.70. The second-order valence-corrected chi connectivity index (χ2v) is 8.59. The maximum Gasteiger partial charge on any atom is 0.187 e. The third-order valence-electron chi connectivity index (χ3n) is 6.87. The lowest BCUT2D eigenvalue weighted by Crippen LogP contribution is -2.71. The molecule has 0 amide bonds. The monoisotopic (exact) mass is 385 g/mol. The lowest BCUT2D eigenvalue weighted by Gasteiger charge is -2.54. The molecule has 2 fully saturated rings. The van der Waals surface area contributed by atoms with Crippen LogP contribution in [-0.2, 0) is 20.0 Å². The van der Waals surface area contributed by atoms with E-state index in [-0.39, 0.29) is 17.8 Å². The van der Waals surface area contributed by atoms with Crippen LogP contribution in [0, 0.1) is 17.8 Å². The van der Waals surface area contributed by atoms with Crippen LogP contribution in [0.4, 0.5) is 0 Å². The van der Waals surface area contributed by atoms with Gasteiger partial charge >= 0.3 is 0 Å². The van der Waals surface area contributed by atoms with Gasteiger partial charge in [-0.3, -0.25) is 24.1 Å². The summed E-state index contributed by atoms with van der Waals surface area (Å²) in [6.45, 7) is 1.55. The van der Waals surface area contributed by atoms with Gasteiger partial charge < -0.3 is 10.2 Å². The van der Waals surface area contributed by atoms with Gasteiger partial charge in [0.05, 0.1) is 24.0 Å². The highest BCUT2D eigenvalue weighted by Crippen LogP contribution is 2.53. The van der Waals surface area contributed by atoms with Crippen LogP contribution in [0.5, 0.6) is 0 Å². The molecule has 3 aliphatic rings. The summed E-state index contributed by atoms with van der Waals surface area (Å²) in [4.78, 5) is 53.2. The third kappa shape index (κ3) is 2.21. The number of nitrogens with zero attached hydrogens (tertiary/aromatic N) is 1. The van der Waals surface area contributed by atoms with Crippen molar-refractivity contribution in [1.29, 1.82) is 0 Å². The number of Topliss-reactive ketones (excluding diaryl/α,β-unsaturated/α-hetero) is 4. The number of aliphatic hydroxyl groups is 2. The number of fused-ring (bicyclic) bond motifs is 3. The molecule has 6 unspecified atom stereocenters. The summed E-state index contributed by atoms with van der Waals surface area (Å²) in [7, 11) is 3.30. The van der Waals surface area contributed by atoms with Gasteiger partial charge in [0.2, 0.25) is 0 Å². The molecule has 2 saturated carbocycles. The van der Waals surface area contributed by atoms with Gasteiger partial charge in [0.25, 0.3) is 0 Å². The average Bonchev–Trinajstić information content (AvgIpc) is 2.62. The minimum absolute atomic E-state index is 0.0142. The Kier molecular flexibility index (Phi) is 4.02. The van der Waals surface area contributed by atoms with E-state index in [1.165, 1.54) is 0 Å². The van der Waals surface area contributed by atoms with Crippen molar-refractivity contribution < 1.29 is 29.4 Å². The van der Waals surface area contributed by atoms with E-state index in [9.17, 15) is 29.4 Å². The lowest BCUT2D eigenvalue weighted by molar-refractivity contribution is -0.184. The second kappa shape index (κ2) is 5.89. The van der Waals surface area contributed by atoms with Gasteiger partial charge in [0.15, 0.2) is 28.7 Å². The molecule has 7 heteroatoms. The molecule has 1 aromatic carbocycles. The van der Waals surface area contributed by atoms with E-state index in [1.807, 2.05) is 0 Å². The number of hydrogen-bond acceptors (Lipinski definition) is 7. The molecule has 0 heterocycles. The maximum absolute atomic E-state index is 13.4. The van der Waals surface area contributed by atoms with E-state index < -0.39 is 58.8 Å². The lowest BCUT2D eigenvalue weighted by atomic mass is 9.51. The normalized spacial score (nSPS) is 40.2. The standard InChI is InChI=1S/C21H23NO6/c1-20(27)11-7-5-4-6-10(11)18(25)16-12(20)8-13-17(22(2)3)14(23)9-15(24)21(13,28)19(16)26/h4-7,12-13,16-17,27-28H,8-9H2,1-3H3. The van der Waals surface area contributed by atoms with Crippen LogP contribution < -0.4 is 0 Å². The van der Waals surface area contributed by atoms with E-state index in [4.69, 9.17) is 0 Å². The molecular formula is C21H23NO6. The van der Waals surface area contributed by atoms with E-state index in [1.54, 1.807) is 50.2 Å². The first kappa shape index (κ1) is 19.1. The van der Waals surface area contributed by atoms with Crippen LogP contribution in [0.15, 0.2) is 24.3 Å². The highest BCUT2D eigenvalue weighted by Gasteiger charge is 2.68.